The second kappa shape index (κ2) is 9.96. The lowest BCUT2D eigenvalue weighted by Gasteiger charge is -2.06. The third-order valence-electron chi connectivity index (χ3n) is 1.79. The molecular weight excluding hydrogens is 166 g/mol. The maximum Gasteiger partial charge on any atom is 0.0698 e. The molecule has 2 N–H and O–H groups in total. The fraction of sp³-hybridized carbons (Fsp3) is 1.00. The summed E-state index contributed by atoms with van der Waals surface area (Å²) in [5.74, 6) is 0.799. The van der Waals surface area contributed by atoms with Gasteiger partial charge in [0, 0.05) is 6.54 Å². The lowest BCUT2D eigenvalue weighted by molar-refractivity contribution is 0.0939. The van der Waals surface area contributed by atoms with E-state index in [4.69, 9.17) is 9.84 Å². The first-order valence-corrected chi connectivity index (χ1v) is 5.16. The number of ether oxygens (including phenoxy) is 1. The topological polar surface area (TPSA) is 41.5 Å². The van der Waals surface area contributed by atoms with Crippen LogP contribution in [0.4, 0.5) is 0 Å². The van der Waals surface area contributed by atoms with Crippen LogP contribution in [-0.2, 0) is 4.74 Å². The van der Waals surface area contributed by atoms with Gasteiger partial charge in [0.25, 0.3) is 0 Å². The summed E-state index contributed by atoms with van der Waals surface area (Å²) in [4.78, 5) is 0. The standard InChI is InChI=1S/C10H23NO2/c1-10(2)4-3-5-11-6-8-13-9-7-12/h10-12H,3-9H2,1-2H3. The normalized spacial score (nSPS) is 11.1. The zero-order chi connectivity index (χ0) is 9.94. The molecule has 0 spiro atoms. The first-order chi connectivity index (χ1) is 6.27. The fourth-order valence-corrected chi connectivity index (χ4v) is 1.07. The van der Waals surface area contributed by atoms with Crippen molar-refractivity contribution < 1.29 is 9.84 Å². The maximum atomic E-state index is 8.42. The summed E-state index contributed by atoms with van der Waals surface area (Å²) in [5.41, 5.74) is 0. The lowest BCUT2D eigenvalue weighted by atomic mass is 10.1. The van der Waals surface area contributed by atoms with Crippen LogP contribution in [0.5, 0.6) is 0 Å². The van der Waals surface area contributed by atoms with Crippen molar-refractivity contribution in [3.63, 3.8) is 0 Å². The van der Waals surface area contributed by atoms with Gasteiger partial charge in [0.2, 0.25) is 0 Å². The van der Waals surface area contributed by atoms with E-state index in [1.807, 2.05) is 0 Å². The van der Waals surface area contributed by atoms with Crippen molar-refractivity contribution in [1.82, 2.24) is 5.32 Å². The highest BCUT2D eigenvalue weighted by Crippen LogP contribution is 2.01. The van der Waals surface area contributed by atoms with Gasteiger partial charge < -0.3 is 15.2 Å². The van der Waals surface area contributed by atoms with Crippen molar-refractivity contribution in [3.05, 3.63) is 0 Å². The molecule has 0 saturated heterocycles. The number of hydrogen-bond acceptors (Lipinski definition) is 3. The van der Waals surface area contributed by atoms with Gasteiger partial charge in [-0.3, -0.25) is 0 Å². The van der Waals surface area contributed by atoms with E-state index < -0.39 is 0 Å². The molecule has 0 atom stereocenters. The van der Waals surface area contributed by atoms with Crippen LogP contribution in [0.25, 0.3) is 0 Å². The average Bonchev–Trinajstić information content (AvgIpc) is 2.09. The summed E-state index contributed by atoms with van der Waals surface area (Å²) in [5, 5.41) is 11.7. The Morgan fingerprint density at radius 2 is 2.00 bits per heavy atom. The SMILES string of the molecule is CC(C)CCCNCCOCCO. The van der Waals surface area contributed by atoms with E-state index in [0.29, 0.717) is 13.2 Å². The Labute approximate surface area is 81.5 Å². The monoisotopic (exact) mass is 189 g/mol. The third-order valence-corrected chi connectivity index (χ3v) is 1.79. The minimum Gasteiger partial charge on any atom is -0.394 e. The number of hydrogen-bond donors (Lipinski definition) is 2. The van der Waals surface area contributed by atoms with Gasteiger partial charge in [-0.05, 0) is 25.3 Å². The predicted octanol–water partition coefficient (Wildman–Crippen LogP) is 1.02. The molecule has 3 nitrogen and oxygen atoms in total. The Bertz CT molecular complexity index is 96.9. The van der Waals surface area contributed by atoms with Gasteiger partial charge in [0.1, 0.15) is 0 Å². The summed E-state index contributed by atoms with van der Waals surface area (Å²) in [6, 6.07) is 0. The summed E-state index contributed by atoms with van der Waals surface area (Å²) < 4.78 is 5.10. The van der Waals surface area contributed by atoms with Crippen molar-refractivity contribution in [1.29, 1.82) is 0 Å². The summed E-state index contributed by atoms with van der Waals surface area (Å²) in [6.45, 7) is 7.71. The molecular formula is C10H23NO2. The van der Waals surface area contributed by atoms with Gasteiger partial charge in [0.05, 0.1) is 19.8 Å². The molecule has 0 aliphatic heterocycles. The van der Waals surface area contributed by atoms with Crippen molar-refractivity contribution in [2.24, 2.45) is 5.92 Å². The van der Waals surface area contributed by atoms with Gasteiger partial charge in [-0.15, -0.1) is 0 Å². The van der Waals surface area contributed by atoms with Crippen LogP contribution in [0, 0.1) is 5.92 Å². The molecule has 0 fully saturated rings. The van der Waals surface area contributed by atoms with Crippen molar-refractivity contribution in [3.8, 4) is 0 Å². The van der Waals surface area contributed by atoms with Gasteiger partial charge in [-0.1, -0.05) is 13.8 Å². The number of nitrogens with one attached hydrogen (secondary N) is 1. The van der Waals surface area contributed by atoms with Gasteiger partial charge in [0.15, 0.2) is 0 Å². The Hall–Kier alpha value is -0.120. The summed E-state index contributed by atoms with van der Waals surface area (Å²) in [7, 11) is 0. The molecule has 3 heteroatoms. The van der Waals surface area contributed by atoms with Gasteiger partial charge in [-0.25, -0.2) is 0 Å². The molecule has 0 saturated carbocycles. The Morgan fingerprint density at radius 3 is 2.62 bits per heavy atom. The fourth-order valence-electron chi connectivity index (χ4n) is 1.07. The van der Waals surface area contributed by atoms with Crippen LogP contribution in [0.15, 0.2) is 0 Å². The molecule has 0 radical (unpaired) electrons. The van der Waals surface area contributed by atoms with Crippen LogP contribution in [0.1, 0.15) is 26.7 Å². The Kier molecular flexibility index (Phi) is 9.87. The molecule has 80 valence electrons. The van der Waals surface area contributed by atoms with E-state index in [2.05, 4.69) is 19.2 Å². The molecule has 0 aliphatic carbocycles. The molecule has 0 aromatic rings. The molecule has 0 rings (SSSR count). The third kappa shape index (κ3) is 11.9. The number of rotatable bonds is 9. The molecule has 0 unspecified atom stereocenters. The van der Waals surface area contributed by atoms with Crippen molar-refractivity contribution in [2.75, 3.05) is 32.9 Å². The lowest BCUT2D eigenvalue weighted by Crippen LogP contribution is -2.21. The maximum absolute atomic E-state index is 8.42. The van der Waals surface area contributed by atoms with E-state index in [1.165, 1.54) is 12.8 Å². The first kappa shape index (κ1) is 12.9. The molecule has 0 aromatic carbocycles. The second-order valence-corrected chi connectivity index (χ2v) is 3.62. The largest absolute Gasteiger partial charge is 0.394 e. The second-order valence-electron chi connectivity index (χ2n) is 3.62. The van der Waals surface area contributed by atoms with Crippen molar-refractivity contribution >= 4 is 0 Å². The summed E-state index contributed by atoms with van der Waals surface area (Å²) >= 11 is 0. The van der Waals surface area contributed by atoms with Crippen LogP contribution in [0.3, 0.4) is 0 Å². The quantitative estimate of drug-likeness (QED) is 0.532. The molecule has 0 amide bonds. The number of aliphatic hydroxyl groups excluding tert-OH is 1. The smallest absolute Gasteiger partial charge is 0.0698 e. The molecule has 0 aromatic heterocycles. The van der Waals surface area contributed by atoms with Gasteiger partial charge in [-0.2, -0.15) is 0 Å². The molecule has 0 aliphatic rings. The van der Waals surface area contributed by atoms with E-state index in [1.54, 1.807) is 0 Å². The van der Waals surface area contributed by atoms with Gasteiger partial charge >= 0.3 is 0 Å². The molecule has 0 heterocycles. The van der Waals surface area contributed by atoms with E-state index >= 15 is 0 Å². The summed E-state index contributed by atoms with van der Waals surface area (Å²) in [6.07, 6.45) is 2.52. The Morgan fingerprint density at radius 1 is 1.23 bits per heavy atom. The van der Waals surface area contributed by atoms with Crippen molar-refractivity contribution in [2.45, 2.75) is 26.7 Å². The predicted molar refractivity (Wildman–Crippen MR) is 54.8 cm³/mol. The van der Waals surface area contributed by atoms with Crippen LogP contribution < -0.4 is 5.32 Å². The van der Waals surface area contributed by atoms with Crippen LogP contribution in [-0.4, -0.2) is 38.0 Å². The molecule has 0 bridgehead atoms. The van der Waals surface area contributed by atoms with Crippen LogP contribution in [0.2, 0.25) is 0 Å². The number of aliphatic hydroxyl groups is 1. The zero-order valence-electron chi connectivity index (χ0n) is 8.88. The minimum atomic E-state index is 0.118. The van der Waals surface area contributed by atoms with E-state index in [0.717, 1.165) is 19.0 Å². The highest BCUT2D eigenvalue weighted by atomic mass is 16.5. The first-order valence-electron chi connectivity index (χ1n) is 5.16. The molecule has 13 heavy (non-hydrogen) atoms. The average molecular weight is 189 g/mol. The van der Waals surface area contributed by atoms with Crippen LogP contribution >= 0.6 is 0 Å². The van der Waals surface area contributed by atoms with E-state index in [-0.39, 0.29) is 6.61 Å². The Balaban J connectivity index is 2.84. The minimum absolute atomic E-state index is 0.118. The highest BCUT2D eigenvalue weighted by Gasteiger charge is 1.93. The zero-order valence-corrected chi connectivity index (χ0v) is 8.88. The highest BCUT2D eigenvalue weighted by molar-refractivity contribution is 4.50. The van der Waals surface area contributed by atoms with E-state index in [9.17, 15) is 0 Å².